The van der Waals surface area contributed by atoms with Crippen molar-refractivity contribution in [1.82, 2.24) is 15.5 Å². The van der Waals surface area contributed by atoms with Crippen LogP contribution in [0, 0.1) is 5.92 Å². The van der Waals surface area contributed by atoms with Gasteiger partial charge in [0.2, 0.25) is 0 Å². The number of ether oxygens (including phenoxy) is 1. The lowest BCUT2D eigenvalue weighted by atomic mass is 9.95. The number of nitrogens with zero attached hydrogens (tertiary/aromatic N) is 2. The Morgan fingerprint density at radius 2 is 2.08 bits per heavy atom. The first-order valence-electron chi connectivity index (χ1n) is 10.3. The van der Waals surface area contributed by atoms with E-state index in [0.717, 1.165) is 83.3 Å². The molecule has 0 aromatic carbocycles. The summed E-state index contributed by atoms with van der Waals surface area (Å²) in [7, 11) is -0.684. The van der Waals surface area contributed by atoms with Crippen LogP contribution < -0.4 is 10.6 Å². The number of nitrogens with one attached hydrogen (secondary N) is 2. The second-order valence-electron chi connectivity index (χ2n) is 7.54. The average Bonchev–Trinajstić information content (AvgIpc) is 2.66. The van der Waals surface area contributed by atoms with E-state index >= 15 is 0 Å². The van der Waals surface area contributed by atoms with Gasteiger partial charge in [-0.3, -0.25) is 14.1 Å². The highest BCUT2D eigenvalue weighted by molar-refractivity contribution is 7.85. The van der Waals surface area contributed by atoms with E-state index in [1.54, 1.807) is 0 Å². The molecule has 2 aliphatic rings. The van der Waals surface area contributed by atoms with E-state index in [1.807, 2.05) is 6.92 Å². The number of morpholine rings is 1. The van der Waals surface area contributed by atoms with Gasteiger partial charge in [0.05, 0.1) is 13.2 Å². The molecule has 7 heteroatoms. The smallest absolute Gasteiger partial charge is 0.191 e. The Morgan fingerprint density at radius 3 is 2.77 bits per heavy atom. The second-order valence-corrected chi connectivity index (χ2v) is 9.54. The molecular formula is C19H38N4O2S. The summed E-state index contributed by atoms with van der Waals surface area (Å²) in [6, 6.07) is 0.386. The van der Waals surface area contributed by atoms with Crippen molar-refractivity contribution < 1.29 is 8.95 Å². The van der Waals surface area contributed by atoms with Crippen molar-refractivity contribution in [3.8, 4) is 0 Å². The Labute approximate surface area is 162 Å². The van der Waals surface area contributed by atoms with E-state index in [1.165, 1.54) is 0 Å². The molecule has 0 aromatic rings. The summed E-state index contributed by atoms with van der Waals surface area (Å²) in [5, 5.41) is 7.31. The van der Waals surface area contributed by atoms with Crippen molar-refractivity contribution in [1.29, 1.82) is 0 Å². The zero-order valence-electron chi connectivity index (χ0n) is 16.8. The molecule has 0 amide bonds. The van der Waals surface area contributed by atoms with Crippen LogP contribution in [0.1, 0.15) is 46.5 Å². The molecule has 1 saturated heterocycles. The highest BCUT2D eigenvalue weighted by Crippen LogP contribution is 2.23. The molecule has 4 unspecified atom stereocenters. The quantitative estimate of drug-likeness (QED) is 0.490. The SMILES string of the molecule is CCNC(=NCC(C)CN1CCOCC1)NC1CCCC(S(=O)CC)C1. The van der Waals surface area contributed by atoms with Crippen molar-refractivity contribution in [2.24, 2.45) is 10.9 Å². The molecule has 0 aromatic heterocycles. The fourth-order valence-corrected chi connectivity index (χ4v) is 5.14. The third kappa shape index (κ3) is 7.53. The molecule has 152 valence electrons. The lowest BCUT2D eigenvalue weighted by Gasteiger charge is -2.30. The molecule has 1 saturated carbocycles. The number of rotatable bonds is 8. The van der Waals surface area contributed by atoms with Gasteiger partial charge >= 0.3 is 0 Å². The maximum atomic E-state index is 12.2. The normalized spacial score (nSPS) is 27.7. The molecule has 1 heterocycles. The zero-order valence-corrected chi connectivity index (χ0v) is 17.7. The molecule has 2 rings (SSSR count). The second kappa shape index (κ2) is 11.9. The van der Waals surface area contributed by atoms with E-state index in [-0.39, 0.29) is 0 Å². The van der Waals surface area contributed by atoms with Gasteiger partial charge in [-0.2, -0.15) is 0 Å². The van der Waals surface area contributed by atoms with E-state index in [9.17, 15) is 4.21 Å². The third-order valence-corrected chi connectivity index (χ3v) is 6.94. The van der Waals surface area contributed by atoms with Crippen molar-refractivity contribution in [2.75, 3.05) is 51.7 Å². The summed E-state index contributed by atoms with van der Waals surface area (Å²) in [4.78, 5) is 7.29. The Balaban J connectivity index is 1.82. The fraction of sp³-hybridized carbons (Fsp3) is 0.947. The molecular weight excluding hydrogens is 348 g/mol. The number of guanidine groups is 1. The number of hydrogen-bond donors (Lipinski definition) is 2. The van der Waals surface area contributed by atoms with E-state index < -0.39 is 10.8 Å². The van der Waals surface area contributed by atoms with E-state index in [4.69, 9.17) is 9.73 Å². The molecule has 6 nitrogen and oxygen atoms in total. The minimum absolute atomic E-state index is 0.342. The Morgan fingerprint density at radius 1 is 1.31 bits per heavy atom. The standard InChI is InChI=1S/C19H38N4O2S/c1-4-20-19(21-14-16(3)15-23-9-11-25-12-10-23)22-17-7-6-8-18(13-17)26(24)5-2/h16-18H,4-15H2,1-3H3,(H2,20,21,22). The summed E-state index contributed by atoms with van der Waals surface area (Å²) in [6.07, 6.45) is 4.39. The first-order valence-corrected chi connectivity index (χ1v) is 11.7. The highest BCUT2D eigenvalue weighted by Gasteiger charge is 2.26. The molecule has 0 bridgehead atoms. The van der Waals surface area contributed by atoms with Crippen LogP contribution in [-0.2, 0) is 15.5 Å². The van der Waals surface area contributed by atoms with Crippen LogP contribution in [0.25, 0.3) is 0 Å². The summed E-state index contributed by atoms with van der Waals surface area (Å²) < 4.78 is 17.6. The van der Waals surface area contributed by atoms with Crippen molar-refractivity contribution in [3.63, 3.8) is 0 Å². The van der Waals surface area contributed by atoms with Gasteiger partial charge in [-0.15, -0.1) is 0 Å². The van der Waals surface area contributed by atoms with Gasteiger partial charge in [0.15, 0.2) is 5.96 Å². The van der Waals surface area contributed by atoms with E-state index in [0.29, 0.717) is 17.2 Å². The van der Waals surface area contributed by atoms with Gasteiger partial charge in [0.1, 0.15) is 0 Å². The Kier molecular flexibility index (Phi) is 9.93. The molecule has 2 fully saturated rings. The summed E-state index contributed by atoms with van der Waals surface area (Å²) in [5.74, 6) is 2.20. The molecule has 0 radical (unpaired) electrons. The summed E-state index contributed by atoms with van der Waals surface area (Å²) in [5.41, 5.74) is 0. The van der Waals surface area contributed by atoms with Gasteiger partial charge < -0.3 is 15.4 Å². The van der Waals surface area contributed by atoms with Crippen LogP contribution in [0.4, 0.5) is 0 Å². The van der Waals surface area contributed by atoms with Crippen LogP contribution >= 0.6 is 0 Å². The monoisotopic (exact) mass is 386 g/mol. The van der Waals surface area contributed by atoms with Gasteiger partial charge in [-0.25, -0.2) is 0 Å². The van der Waals surface area contributed by atoms with Crippen molar-refractivity contribution in [3.05, 3.63) is 0 Å². The van der Waals surface area contributed by atoms with Gasteiger partial charge in [0, 0.05) is 60.6 Å². The third-order valence-electron chi connectivity index (χ3n) is 5.20. The summed E-state index contributed by atoms with van der Waals surface area (Å²) in [6.45, 7) is 12.9. The zero-order chi connectivity index (χ0) is 18.8. The van der Waals surface area contributed by atoms with Crippen LogP contribution in [0.3, 0.4) is 0 Å². The Bertz CT molecular complexity index is 455. The fourth-order valence-electron chi connectivity index (χ4n) is 3.79. The largest absolute Gasteiger partial charge is 0.379 e. The maximum absolute atomic E-state index is 12.2. The predicted octanol–water partition coefficient (Wildman–Crippen LogP) is 1.59. The minimum atomic E-state index is -0.684. The molecule has 0 spiro atoms. The summed E-state index contributed by atoms with van der Waals surface area (Å²) >= 11 is 0. The minimum Gasteiger partial charge on any atom is -0.379 e. The van der Waals surface area contributed by atoms with E-state index in [2.05, 4.69) is 29.4 Å². The lowest BCUT2D eigenvalue weighted by Crippen LogP contribution is -2.47. The van der Waals surface area contributed by atoms with Crippen LogP contribution in [-0.4, -0.2) is 78.1 Å². The Hall–Kier alpha value is -0.660. The predicted molar refractivity (Wildman–Crippen MR) is 110 cm³/mol. The first kappa shape index (κ1) is 21.6. The van der Waals surface area contributed by atoms with Crippen LogP contribution in [0.15, 0.2) is 4.99 Å². The molecule has 4 atom stereocenters. The van der Waals surface area contributed by atoms with Crippen molar-refractivity contribution in [2.45, 2.75) is 57.7 Å². The van der Waals surface area contributed by atoms with Gasteiger partial charge in [0.25, 0.3) is 0 Å². The molecule has 2 N–H and O–H groups in total. The van der Waals surface area contributed by atoms with Crippen LogP contribution in [0.5, 0.6) is 0 Å². The lowest BCUT2D eigenvalue weighted by molar-refractivity contribution is 0.0323. The molecule has 1 aliphatic heterocycles. The number of hydrogen-bond acceptors (Lipinski definition) is 4. The number of aliphatic imine (C=N–C) groups is 1. The topological polar surface area (TPSA) is 66.0 Å². The highest BCUT2D eigenvalue weighted by atomic mass is 32.2. The average molecular weight is 387 g/mol. The first-order chi connectivity index (χ1) is 12.6. The van der Waals surface area contributed by atoms with Gasteiger partial charge in [-0.1, -0.05) is 20.3 Å². The molecule has 1 aliphatic carbocycles. The van der Waals surface area contributed by atoms with Crippen molar-refractivity contribution >= 4 is 16.8 Å². The molecule has 26 heavy (non-hydrogen) atoms. The van der Waals surface area contributed by atoms with Crippen LogP contribution in [0.2, 0.25) is 0 Å². The van der Waals surface area contributed by atoms with Gasteiger partial charge in [-0.05, 0) is 32.1 Å². The maximum Gasteiger partial charge on any atom is 0.191 e.